The molecule has 0 unspecified atom stereocenters. The van der Waals surface area contributed by atoms with Crippen LogP contribution in [0.3, 0.4) is 0 Å². The van der Waals surface area contributed by atoms with Crippen LogP contribution >= 0.6 is 0 Å². The van der Waals surface area contributed by atoms with Crippen molar-refractivity contribution in [2.24, 2.45) is 14.1 Å². The Morgan fingerprint density at radius 3 is 1.50 bits per heavy atom. The summed E-state index contributed by atoms with van der Waals surface area (Å²) in [4.78, 5) is 9.83. The summed E-state index contributed by atoms with van der Waals surface area (Å²) in [7, 11) is 3.93. The van der Waals surface area contributed by atoms with Gasteiger partial charge in [-0.25, -0.2) is 0 Å². The van der Waals surface area contributed by atoms with Gasteiger partial charge in [-0.3, -0.25) is 0 Å². The predicted molar refractivity (Wildman–Crippen MR) is 107 cm³/mol. The fourth-order valence-electron chi connectivity index (χ4n) is 3.18. The van der Waals surface area contributed by atoms with E-state index in [1.54, 1.807) is 0 Å². The number of nitrogens with zero attached hydrogens (tertiary/aromatic N) is 4. The van der Waals surface area contributed by atoms with E-state index < -0.39 is 0 Å². The van der Waals surface area contributed by atoms with E-state index >= 15 is 0 Å². The zero-order valence-electron chi connectivity index (χ0n) is 16.4. The molecule has 0 N–H and O–H groups in total. The first kappa shape index (κ1) is 20.3. The van der Waals surface area contributed by atoms with Crippen molar-refractivity contribution < 1.29 is 21.1 Å². The molecular formula is C23H22N4Pt. The molecule has 0 aliphatic carbocycles. The van der Waals surface area contributed by atoms with Gasteiger partial charge in [-0.2, -0.15) is 12.1 Å². The Labute approximate surface area is 180 Å². The summed E-state index contributed by atoms with van der Waals surface area (Å²) in [5, 5.41) is 0. The van der Waals surface area contributed by atoms with Gasteiger partial charge in [0, 0.05) is 16.8 Å². The van der Waals surface area contributed by atoms with Crippen molar-refractivity contribution in [3.05, 3.63) is 84.7 Å². The van der Waals surface area contributed by atoms with Gasteiger partial charge in [-0.1, -0.05) is 36.7 Å². The van der Waals surface area contributed by atoms with Crippen LogP contribution in [0.15, 0.2) is 60.9 Å². The van der Waals surface area contributed by atoms with E-state index in [0.717, 1.165) is 33.9 Å². The van der Waals surface area contributed by atoms with E-state index in [1.165, 1.54) is 0 Å². The van der Waals surface area contributed by atoms with E-state index in [2.05, 4.69) is 50.5 Å². The van der Waals surface area contributed by atoms with Crippen molar-refractivity contribution >= 4 is 0 Å². The fourth-order valence-corrected chi connectivity index (χ4v) is 3.18. The molecular weight excluding hydrogens is 527 g/mol. The average molecular weight is 550 g/mol. The molecule has 0 aromatic carbocycles. The van der Waals surface area contributed by atoms with Crippen LogP contribution in [0.2, 0.25) is 0 Å². The van der Waals surface area contributed by atoms with Gasteiger partial charge in [0.1, 0.15) is 0 Å². The zero-order valence-corrected chi connectivity index (χ0v) is 18.7. The van der Waals surface area contributed by atoms with E-state index in [0.29, 0.717) is 0 Å². The Morgan fingerprint density at radius 2 is 1.14 bits per heavy atom. The zero-order chi connectivity index (χ0) is 19.0. The second-order valence-corrected chi connectivity index (χ2v) is 7.35. The van der Waals surface area contributed by atoms with Crippen LogP contribution in [0, 0.1) is 12.4 Å². The van der Waals surface area contributed by atoms with Crippen LogP contribution in [-0.4, -0.2) is 19.1 Å². The molecule has 144 valence electrons. The minimum atomic E-state index is -0.324. The second kappa shape index (κ2) is 7.89. The summed E-state index contributed by atoms with van der Waals surface area (Å²) in [5.74, 6) is 0. The van der Waals surface area contributed by atoms with Crippen LogP contribution in [0.5, 0.6) is 0 Å². The first-order chi connectivity index (χ1) is 12.9. The Bertz CT molecular complexity index is 1010. The second-order valence-electron chi connectivity index (χ2n) is 7.35. The Balaban J connectivity index is 0.00000225. The Morgan fingerprint density at radius 1 is 0.714 bits per heavy atom. The quantitative estimate of drug-likeness (QED) is 0.354. The smallest absolute Gasteiger partial charge is 0.442 e. The number of aryl methyl sites for hydroxylation is 2. The van der Waals surface area contributed by atoms with Gasteiger partial charge >= 0.3 is 21.1 Å². The van der Waals surface area contributed by atoms with Gasteiger partial charge < -0.3 is 19.1 Å². The molecule has 28 heavy (non-hydrogen) atoms. The topological polar surface area (TPSA) is 35.6 Å². The summed E-state index contributed by atoms with van der Waals surface area (Å²) in [6, 6.07) is 16.3. The van der Waals surface area contributed by atoms with Crippen molar-refractivity contribution in [2.75, 3.05) is 0 Å². The van der Waals surface area contributed by atoms with E-state index in [1.807, 2.05) is 59.9 Å². The van der Waals surface area contributed by atoms with Crippen molar-refractivity contribution in [3.8, 4) is 22.5 Å². The van der Waals surface area contributed by atoms with Crippen molar-refractivity contribution in [2.45, 2.75) is 19.3 Å². The van der Waals surface area contributed by atoms with Crippen molar-refractivity contribution in [3.63, 3.8) is 0 Å². The third-order valence-electron chi connectivity index (χ3n) is 4.85. The third kappa shape index (κ3) is 3.88. The molecule has 0 spiro atoms. The summed E-state index contributed by atoms with van der Waals surface area (Å²) >= 11 is 0. The summed E-state index contributed by atoms with van der Waals surface area (Å²) in [6.07, 6.45) is 10.5. The molecule has 4 aromatic rings. The van der Waals surface area contributed by atoms with Crippen LogP contribution in [-0.2, 0) is 40.6 Å². The van der Waals surface area contributed by atoms with Gasteiger partial charge in [0.25, 0.3) is 0 Å². The molecule has 0 saturated carbocycles. The summed E-state index contributed by atoms with van der Waals surface area (Å²) in [6.45, 7) is 4.32. The molecule has 0 bridgehead atoms. The maximum Gasteiger partial charge on any atom is 2.00 e. The number of hydrogen-bond donors (Lipinski definition) is 0. The summed E-state index contributed by atoms with van der Waals surface area (Å²) < 4.78 is 3.83. The molecule has 5 heteroatoms. The van der Waals surface area contributed by atoms with Gasteiger partial charge in [0.05, 0.1) is 0 Å². The minimum Gasteiger partial charge on any atom is -0.442 e. The standard InChI is InChI=1S/C23H22N4.Pt/c1-23(2,21-9-5-7-19(24-21)17-11-13-26(3)15-17)22-10-6-8-20(25-22)18-12-14-27(4)16-18;/h5-14H,1-4H3;/q-2;+2. The SMILES string of the molecule is Cn1[c-]c(-c2cccc(C(C)(C)c3cccc(-c4[c-]n(C)cc4)n3)n2)cc1.[Pt+2]. The largest absolute Gasteiger partial charge is 2.00 e. The normalized spacial score (nSPS) is 11.3. The van der Waals surface area contributed by atoms with Gasteiger partial charge in [0.2, 0.25) is 0 Å². The summed E-state index contributed by atoms with van der Waals surface area (Å²) in [5.41, 5.74) is 5.49. The van der Waals surface area contributed by atoms with E-state index in [9.17, 15) is 0 Å². The molecule has 0 atom stereocenters. The molecule has 0 amide bonds. The molecule has 0 aliphatic rings. The predicted octanol–water partition coefficient (Wildman–Crippen LogP) is 4.41. The molecule has 4 nitrogen and oxygen atoms in total. The van der Waals surface area contributed by atoms with Crippen LogP contribution in [0.4, 0.5) is 0 Å². The maximum atomic E-state index is 4.91. The molecule has 0 radical (unpaired) electrons. The monoisotopic (exact) mass is 549 g/mol. The van der Waals surface area contributed by atoms with Gasteiger partial charge in [-0.15, -0.1) is 23.5 Å². The van der Waals surface area contributed by atoms with Gasteiger partial charge in [0.15, 0.2) is 0 Å². The number of pyridine rings is 2. The van der Waals surface area contributed by atoms with Crippen molar-refractivity contribution in [1.29, 1.82) is 0 Å². The Kier molecular flexibility index (Phi) is 5.71. The molecule has 4 aromatic heterocycles. The fraction of sp³-hybridized carbons (Fsp3) is 0.217. The van der Waals surface area contributed by atoms with Crippen LogP contribution in [0.25, 0.3) is 22.5 Å². The first-order valence-electron chi connectivity index (χ1n) is 8.98. The maximum absolute atomic E-state index is 4.91. The number of hydrogen-bond acceptors (Lipinski definition) is 2. The van der Waals surface area contributed by atoms with Crippen LogP contribution < -0.4 is 0 Å². The van der Waals surface area contributed by atoms with E-state index in [-0.39, 0.29) is 26.5 Å². The van der Waals surface area contributed by atoms with Gasteiger partial charge in [-0.05, 0) is 51.5 Å². The first-order valence-corrected chi connectivity index (χ1v) is 8.98. The number of rotatable bonds is 4. The molecule has 0 aliphatic heterocycles. The third-order valence-corrected chi connectivity index (χ3v) is 4.85. The molecule has 0 fully saturated rings. The molecule has 4 rings (SSSR count). The number of aromatic nitrogens is 4. The van der Waals surface area contributed by atoms with Crippen molar-refractivity contribution in [1.82, 2.24) is 19.1 Å². The molecule has 4 heterocycles. The average Bonchev–Trinajstić information content (AvgIpc) is 3.30. The molecule has 0 saturated heterocycles. The van der Waals surface area contributed by atoms with E-state index in [4.69, 9.17) is 9.97 Å². The minimum absolute atomic E-state index is 0. The van der Waals surface area contributed by atoms with Crippen LogP contribution in [0.1, 0.15) is 25.2 Å². The Hall–Kier alpha value is -2.45.